The molecule has 2 heterocycles. The largest absolute Gasteiger partial charge is 0.368 e. The maximum Gasteiger partial charge on any atom is 0.222 e. The van der Waals surface area contributed by atoms with Crippen LogP contribution in [0.4, 0.5) is 11.8 Å². The van der Waals surface area contributed by atoms with Crippen LogP contribution in [0.3, 0.4) is 0 Å². The van der Waals surface area contributed by atoms with Gasteiger partial charge in [-0.1, -0.05) is 24.3 Å². The Morgan fingerprint density at radius 1 is 1.18 bits per heavy atom. The second-order valence-corrected chi connectivity index (χ2v) is 4.88. The Balaban J connectivity index is 1.96. The lowest BCUT2D eigenvalue weighted by Gasteiger charge is -2.17. The number of hydrogen-bond acceptors (Lipinski definition) is 4. The summed E-state index contributed by atoms with van der Waals surface area (Å²) < 4.78 is 0.875. The van der Waals surface area contributed by atoms with Gasteiger partial charge in [0.15, 0.2) is 0 Å². The van der Waals surface area contributed by atoms with Gasteiger partial charge in [0.25, 0.3) is 0 Å². The number of nitrogen functional groups attached to an aromatic ring is 1. The van der Waals surface area contributed by atoms with E-state index in [4.69, 9.17) is 5.73 Å². The Hall–Kier alpha value is -1.62. The van der Waals surface area contributed by atoms with Gasteiger partial charge in [-0.15, -0.1) is 0 Å². The first-order chi connectivity index (χ1) is 8.24. The normalized spacial score (nSPS) is 13.8. The molecular weight excluding hydrogens is 280 g/mol. The first kappa shape index (κ1) is 10.5. The fourth-order valence-corrected chi connectivity index (χ4v) is 2.52. The van der Waals surface area contributed by atoms with Crippen molar-refractivity contribution in [2.45, 2.75) is 13.1 Å². The molecule has 2 aromatic rings. The van der Waals surface area contributed by atoms with Gasteiger partial charge in [-0.25, -0.2) is 4.98 Å². The Kier molecular flexibility index (Phi) is 2.48. The monoisotopic (exact) mass is 290 g/mol. The molecular formula is C12H11BrN4. The molecule has 0 fully saturated rings. The number of benzene rings is 1. The number of anilines is 2. The van der Waals surface area contributed by atoms with Gasteiger partial charge in [0, 0.05) is 19.3 Å². The lowest BCUT2D eigenvalue weighted by atomic mass is 10.1. The van der Waals surface area contributed by atoms with Gasteiger partial charge in [-0.3, -0.25) is 0 Å². The summed E-state index contributed by atoms with van der Waals surface area (Å²) in [5.74, 6) is 1.16. The highest BCUT2D eigenvalue weighted by Gasteiger charge is 2.21. The van der Waals surface area contributed by atoms with E-state index in [-0.39, 0.29) is 0 Å². The van der Waals surface area contributed by atoms with E-state index in [0.29, 0.717) is 5.95 Å². The topological polar surface area (TPSA) is 55.0 Å². The predicted molar refractivity (Wildman–Crippen MR) is 70.5 cm³/mol. The summed E-state index contributed by atoms with van der Waals surface area (Å²) in [4.78, 5) is 10.4. The number of halogens is 1. The molecule has 0 unspecified atom stereocenters. The molecule has 1 aliphatic rings. The summed E-state index contributed by atoms with van der Waals surface area (Å²) in [6.07, 6.45) is 1.70. The van der Waals surface area contributed by atoms with E-state index in [1.54, 1.807) is 6.20 Å². The number of rotatable bonds is 1. The molecule has 0 saturated heterocycles. The smallest absolute Gasteiger partial charge is 0.222 e. The summed E-state index contributed by atoms with van der Waals surface area (Å²) >= 11 is 3.46. The van der Waals surface area contributed by atoms with E-state index in [1.165, 1.54) is 11.1 Å². The van der Waals surface area contributed by atoms with E-state index in [2.05, 4.69) is 55.1 Å². The van der Waals surface area contributed by atoms with Crippen LogP contribution in [0.25, 0.3) is 0 Å². The van der Waals surface area contributed by atoms with E-state index in [0.717, 1.165) is 23.4 Å². The zero-order chi connectivity index (χ0) is 11.8. The number of fused-ring (bicyclic) bond motifs is 1. The molecule has 0 spiro atoms. The van der Waals surface area contributed by atoms with E-state index in [1.807, 2.05) is 0 Å². The fourth-order valence-electron chi connectivity index (χ4n) is 2.08. The molecule has 1 aromatic heterocycles. The average molecular weight is 291 g/mol. The second kappa shape index (κ2) is 4.00. The molecule has 1 aromatic carbocycles. The molecule has 17 heavy (non-hydrogen) atoms. The molecule has 0 amide bonds. The van der Waals surface area contributed by atoms with E-state index >= 15 is 0 Å². The van der Waals surface area contributed by atoms with Crippen LogP contribution < -0.4 is 10.6 Å². The molecule has 5 heteroatoms. The standard InChI is InChI=1S/C12H11BrN4/c13-10-5-15-12(14)16-11(10)17-6-8-3-1-2-4-9(8)7-17/h1-5H,6-7H2,(H2,14,15,16). The Labute approximate surface area is 108 Å². The van der Waals surface area contributed by atoms with Crippen molar-refractivity contribution < 1.29 is 0 Å². The number of aromatic nitrogens is 2. The first-order valence-electron chi connectivity index (χ1n) is 5.34. The third-order valence-corrected chi connectivity index (χ3v) is 3.44. The highest BCUT2D eigenvalue weighted by molar-refractivity contribution is 9.10. The van der Waals surface area contributed by atoms with Gasteiger partial charge in [0.05, 0.1) is 4.47 Å². The van der Waals surface area contributed by atoms with Crippen molar-refractivity contribution in [3.63, 3.8) is 0 Å². The van der Waals surface area contributed by atoms with E-state index in [9.17, 15) is 0 Å². The Morgan fingerprint density at radius 2 is 1.82 bits per heavy atom. The minimum atomic E-state index is 0.305. The van der Waals surface area contributed by atoms with Crippen molar-refractivity contribution in [1.82, 2.24) is 9.97 Å². The van der Waals surface area contributed by atoms with Gasteiger partial charge in [-0.2, -0.15) is 4.98 Å². The zero-order valence-corrected chi connectivity index (χ0v) is 10.7. The van der Waals surface area contributed by atoms with Gasteiger partial charge >= 0.3 is 0 Å². The Bertz CT molecular complexity index is 545. The molecule has 0 atom stereocenters. The quantitative estimate of drug-likeness (QED) is 0.876. The molecule has 2 N–H and O–H groups in total. The molecule has 0 saturated carbocycles. The molecule has 0 aliphatic carbocycles. The lowest BCUT2D eigenvalue weighted by molar-refractivity contribution is 0.849. The molecule has 4 nitrogen and oxygen atoms in total. The van der Waals surface area contributed by atoms with Gasteiger partial charge < -0.3 is 10.6 Å². The van der Waals surface area contributed by atoms with Crippen LogP contribution in [0.5, 0.6) is 0 Å². The van der Waals surface area contributed by atoms with E-state index < -0.39 is 0 Å². The van der Waals surface area contributed by atoms with Crippen molar-refractivity contribution in [2.24, 2.45) is 0 Å². The van der Waals surface area contributed by atoms with Crippen LogP contribution in [-0.2, 0) is 13.1 Å². The van der Waals surface area contributed by atoms with Crippen LogP contribution >= 0.6 is 15.9 Å². The number of nitrogens with two attached hydrogens (primary N) is 1. The summed E-state index contributed by atoms with van der Waals surface area (Å²) in [5.41, 5.74) is 8.32. The molecule has 0 radical (unpaired) electrons. The minimum Gasteiger partial charge on any atom is -0.368 e. The fraction of sp³-hybridized carbons (Fsp3) is 0.167. The summed E-state index contributed by atoms with van der Waals surface area (Å²) in [6.45, 7) is 1.73. The second-order valence-electron chi connectivity index (χ2n) is 4.02. The van der Waals surface area contributed by atoms with Crippen LogP contribution in [0.15, 0.2) is 34.9 Å². The van der Waals surface area contributed by atoms with Crippen LogP contribution in [-0.4, -0.2) is 9.97 Å². The maximum atomic E-state index is 5.63. The molecule has 0 bridgehead atoms. The van der Waals surface area contributed by atoms with Crippen LogP contribution in [0.2, 0.25) is 0 Å². The van der Waals surface area contributed by atoms with Gasteiger partial charge in [-0.05, 0) is 27.1 Å². The zero-order valence-electron chi connectivity index (χ0n) is 9.10. The van der Waals surface area contributed by atoms with Crippen LogP contribution in [0.1, 0.15) is 11.1 Å². The average Bonchev–Trinajstić information content (AvgIpc) is 2.75. The summed E-state index contributed by atoms with van der Waals surface area (Å²) in [7, 11) is 0. The van der Waals surface area contributed by atoms with Crippen molar-refractivity contribution in [1.29, 1.82) is 0 Å². The molecule has 1 aliphatic heterocycles. The molecule has 86 valence electrons. The summed E-state index contributed by atoms with van der Waals surface area (Å²) in [5, 5.41) is 0. The number of hydrogen-bond donors (Lipinski definition) is 1. The highest BCUT2D eigenvalue weighted by atomic mass is 79.9. The number of nitrogens with zero attached hydrogens (tertiary/aromatic N) is 3. The van der Waals surface area contributed by atoms with Gasteiger partial charge in [0.2, 0.25) is 5.95 Å². The third-order valence-electron chi connectivity index (χ3n) is 2.88. The summed E-state index contributed by atoms with van der Waals surface area (Å²) in [6, 6.07) is 8.42. The first-order valence-corrected chi connectivity index (χ1v) is 6.13. The van der Waals surface area contributed by atoms with Crippen molar-refractivity contribution >= 4 is 27.7 Å². The SMILES string of the molecule is Nc1ncc(Br)c(N2Cc3ccccc3C2)n1. The Morgan fingerprint density at radius 3 is 2.47 bits per heavy atom. The van der Waals surface area contributed by atoms with Crippen molar-refractivity contribution in [3.8, 4) is 0 Å². The lowest BCUT2D eigenvalue weighted by Crippen LogP contribution is -2.17. The van der Waals surface area contributed by atoms with Crippen LogP contribution in [0, 0.1) is 0 Å². The van der Waals surface area contributed by atoms with Crippen molar-refractivity contribution in [2.75, 3.05) is 10.6 Å². The third kappa shape index (κ3) is 1.86. The predicted octanol–water partition coefficient (Wildman–Crippen LogP) is 2.34. The van der Waals surface area contributed by atoms with Gasteiger partial charge in [0.1, 0.15) is 5.82 Å². The maximum absolute atomic E-state index is 5.63. The van der Waals surface area contributed by atoms with Crippen molar-refractivity contribution in [3.05, 3.63) is 46.1 Å². The highest BCUT2D eigenvalue weighted by Crippen LogP contribution is 2.31. The minimum absolute atomic E-state index is 0.305. The molecule has 3 rings (SSSR count).